The van der Waals surface area contributed by atoms with E-state index in [1.165, 1.54) is 12.5 Å². The molecule has 25 heteroatoms. The number of carbonyl (C=O) groups is 3. The van der Waals surface area contributed by atoms with E-state index in [0.29, 0.717) is 32.5 Å². The lowest BCUT2D eigenvalue weighted by molar-refractivity contribution is -0.338. The number of ether oxygens (including phenoxy) is 5. The third-order valence-corrected chi connectivity index (χ3v) is 18.2. The average molecular weight is 1210 g/mol. The SMILES string of the molecule is CC[C@@H]1CC(C(=O)NCCNCc2ccc(CN3CCCN(P)CCN(P)CCCN(P)CC3)cc2Br)C[C@@H](O[C@@H]2O[C@@H](CO)[C@H](O)C(OC(CC3CCCCC3)C(=O)O)C2NC(C)=O)C1O[C@@H]1OC(C)[C@@H](O)C(O)[C@@H]1O. The molecule has 2 saturated carbocycles. The Labute approximate surface area is 471 Å². The lowest BCUT2D eigenvalue weighted by Crippen LogP contribution is -2.67. The van der Waals surface area contributed by atoms with Crippen molar-refractivity contribution < 1.29 is 68.7 Å². The van der Waals surface area contributed by atoms with Crippen LogP contribution >= 0.6 is 44.1 Å². The van der Waals surface area contributed by atoms with Gasteiger partial charge in [0.2, 0.25) is 11.8 Å². The molecule has 2 aliphatic carbocycles. The molecule has 3 heterocycles. The lowest BCUT2D eigenvalue weighted by atomic mass is 9.75. The van der Waals surface area contributed by atoms with Crippen molar-refractivity contribution >= 4 is 61.9 Å². The molecule has 21 nitrogen and oxygen atoms in total. The van der Waals surface area contributed by atoms with Crippen molar-refractivity contribution in [1.82, 2.24) is 34.9 Å². The fourth-order valence-electron chi connectivity index (χ4n) is 11.4. The number of benzene rings is 1. The number of hydrogen-bond donors (Lipinski definition) is 9. The lowest BCUT2D eigenvalue weighted by Gasteiger charge is -2.49. The van der Waals surface area contributed by atoms with Crippen LogP contribution < -0.4 is 16.0 Å². The van der Waals surface area contributed by atoms with Crippen molar-refractivity contribution in [1.29, 1.82) is 0 Å². The van der Waals surface area contributed by atoms with E-state index >= 15 is 0 Å². The molecule has 2 amide bonds. The molecule has 9 N–H and O–H groups in total. The molecule has 440 valence electrons. The summed E-state index contributed by atoms with van der Waals surface area (Å²) in [5, 5.41) is 74.1. The first-order valence-electron chi connectivity index (χ1n) is 27.9. The van der Waals surface area contributed by atoms with Gasteiger partial charge in [-0.25, -0.2) is 4.79 Å². The number of nitrogens with one attached hydrogen (secondary N) is 3. The summed E-state index contributed by atoms with van der Waals surface area (Å²) in [4.78, 5) is 42.3. The summed E-state index contributed by atoms with van der Waals surface area (Å²) >= 11 is 3.82. The van der Waals surface area contributed by atoms with Crippen LogP contribution in [0.5, 0.6) is 0 Å². The van der Waals surface area contributed by atoms with Gasteiger partial charge in [0, 0.05) is 89.3 Å². The Bertz CT molecular complexity index is 1980. The van der Waals surface area contributed by atoms with E-state index in [9.17, 15) is 45.0 Å². The number of aliphatic hydroxyl groups is 5. The van der Waals surface area contributed by atoms with E-state index in [1.54, 1.807) is 6.92 Å². The van der Waals surface area contributed by atoms with Crippen LogP contribution in [0.3, 0.4) is 0 Å². The van der Waals surface area contributed by atoms with Crippen LogP contribution in [0, 0.1) is 17.8 Å². The van der Waals surface area contributed by atoms with Crippen molar-refractivity contribution in [3.63, 3.8) is 0 Å². The number of nitrogens with zero attached hydrogens (tertiary/aromatic N) is 4. The van der Waals surface area contributed by atoms with Gasteiger partial charge < -0.3 is 70.3 Å². The number of hydrogen-bond acceptors (Lipinski definition) is 18. The van der Waals surface area contributed by atoms with Gasteiger partial charge in [-0.15, -0.1) is 0 Å². The molecule has 5 aliphatic rings. The molecule has 0 aromatic heterocycles. The summed E-state index contributed by atoms with van der Waals surface area (Å²) in [6.45, 7) is 14.2. The van der Waals surface area contributed by atoms with Gasteiger partial charge >= 0.3 is 5.97 Å². The maximum absolute atomic E-state index is 14.2. The van der Waals surface area contributed by atoms with Gasteiger partial charge in [0.05, 0.1) is 24.9 Å². The predicted molar refractivity (Wildman–Crippen MR) is 303 cm³/mol. The Morgan fingerprint density at radius 3 is 2.12 bits per heavy atom. The molecule has 77 heavy (non-hydrogen) atoms. The van der Waals surface area contributed by atoms with Crippen LogP contribution in [0.2, 0.25) is 0 Å². The third kappa shape index (κ3) is 19.7. The second-order valence-electron chi connectivity index (χ2n) is 21.9. The molecular formula is C52H91BrN7O14P3. The van der Waals surface area contributed by atoms with Crippen molar-refractivity contribution in [3.05, 3.63) is 33.8 Å². The molecule has 3 aliphatic heterocycles. The number of rotatable bonds is 20. The van der Waals surface area contributed by atoms with Crippen LogP contribution in [-0.2, 0) is 51.2 Å². The van der Waals surface area contributed by atoms with E-state index in [0.717, 1.165) is 114 Å². The zero-order valence-electron chi connectivity index (χ0n) is 45.3. The smallest absolute Gasteiger partial charge is 0.332 e. The monoisotopic (exact) mass is 1210 g/mol. The van der Waals surface area contributed by atoms with E-state index < -0.39 is 110 Å². The Hall–Kier alpha value is -1.20. The maximum atomic E-state index is 14.2. The van der Waals surface area contributed by atoms with Gasteiger partial charge in [0.1, 0.15) is 42.7 Å². The topological polar surface area (TPSA) is 268 Å². The van der Waals surface area contributed by atoms with E-state index in [-0.39, 0.29) is 24.7 Å². The Kier molecular flexibility index (Phi) is 27.5. The molecule has 0 spiro atoms. The summed E-state index contributed by atoms with van der Waals surface area (Å²) in [5.41, 5.74) is 2.31. The molecule has 3 saturated heterocycles. The summed E-state index contributed by atoms with van der Waals surface area (Å²) in [6, 6.07) is 5.21. The molecule has 0 bridgehead atoms. The standard InChI is InChI=1S/C52H91BrN7O14P3/c1-4-35-26-37(49(67)55-15-14-54-28-36-13-12-34(24-38(36)53)29-57-16-8-17-59(76)22-23-60(77)19-9-18-58(75)21-20-57)27-39(47(35)74-52-46(66)45(65)43(63)31(2)70-52)72-51-42(56-32(3)62)48(44(64)41(30-61)73-51)71-40(50(68)69)25-33-10-6-5-7-11-33/h12-13,24,31,33,35,37,39-48,51-52,54,61,63-66H,4-11,14-23,25-30,75-77H2,1-3H3,(H,55,67)(H,56,62)(H,68,69)/t31?,35-,37?,39-,40?,41+,42?,43-,44+,45?,46+,47?,48?,51-,52+/m1/s1. The summed E-state index contributed by atoms with van der Waals surface area (Å²) < 4.78 is 39.6. The molecule has 18 atom stereocenters. The van der Waals surface area contributed by atoms with Gasteiger partial charge in [0.15, 0.2) is 18.7 Å². The zero-order chi connectivity index (χ0) is 55.8. The summed E-state index contributed by atoms with van der Waals surface area (Å²) in [7, 11) is 8.66. The molecule has 5 fully saturated rings. The van der Waals surface area contributed by atoms with Gasteiger partial charge in [-0.1, -0.05) is 102 Å². The number of carbonyl (C=O) groups excluding carboxylic acids is 2. The highest BCUT2D eigenvalue weighted by atomic mass is 79.9. The predicted octanol–water partition coefficient (Wildman–Crippen LogP) is 1.95. The minimum atomic E-state index is -1.65. The Balaban J connectivity index is 1.11. The molecule has 1 aromatic carbocycles. The average Bonchev–Trinajstić information content (AvgIpc) is 3.40. The third-order valence-electron chi connectivity index (χ3n) is 16.0. The molecule has 1 aromatic rings. The van der Waals surface area contributed by atoms with Crippen molar-refractivity contribution in [2.75, 3.05) is 72.1 Å². The first-order valence-corrected chi connectivity index (χ1v) is 30.3. The van der Waals surface area contributed by atoms with Gasteiger partial charge in [-0.05, 0) is 74.6 Å². The summed E-state index contributed by atoms with van der Waals surface area (Å²) in [6.07, 6.45) is -8.11. The van der Waals surface area contributed by atoms with Crippen molar-refractivity contribution in [3.8, 4) is 0 Å². The quantitative estimate of drug-likeness (QED) is 0.0667. The highest BCUT2D eigenvalue weighted by Crippen LogP contribution is 2.40. The van der Waals surface area contributed by atoms with Crippen LogP contribution in [0.4, 0.5) is 0 Å². The van der Waals surface area contributed by atoms with Crippen LogP contribution in [0.1, 0.15) is 103 Å². The summed E-state index contributed by atoms with van der Waals surface area (Å²) in [5.74, 6) is -2.96. The van der Waals surface area contributed by atoms with E-state index in [4.69, 9.17) is 23.7 Å². The second kappa shape index (κ2) is 32.6. The number of amides is 2. The van der Waals surface area contributed by atoms with Crippen molar-refractivity contribution in [2.45, 2.75) is 184 Å². The minimum absolute atomic E-state index is 0.0492. The number of halogens is 1. The first kappa shape index (κ1) is 65.0. The highest BCUT2D eigenvalue weighted by molar-refractivity contribution is 9.10. The van der Waals surface area contributed by atoms with Crippen LogP contribution in [0.25, 0.3) is 0 Å². The Morgan fingerprint density at radius 2 is 1.48 bits per heavy atom. The fraction of sp³-hybridized carbons (Fsp3) is 0.827. The van der Waals surface area contributed by atoms with Gasteiger partial charge in [-0.2, -0.15) is 0 Å². The minimum Gasteiger partial charge on any atom is -0.479 e. The van der Waals surface area contributed by atoms with Crippen LogP contribution in [-0.4, -0.2) is 219 Å². The molecule has 10 unspecified atom stereocenters. The number of carboxylic acid groups (broad SMARTS) is 1. The molecule has 0 radical (unpaired) electrons. The first-order chi connectivity index (χ1) is 36.8. The second-order valence-corrected chi connectivity index (χ2v) is 24.9. The number of aliphatic carboxylic acids is 1. The Morgan fingerprint density at radius 1 is 0.805 bits per heavy atom. The maximum Gasteiger partial charge on any atom is 0.332 e. The molecule has 6 rings (SSSR count). The molecular weight excluding hydrogens is 1120 g/mol. The van der Waals surface area contributed by atoms with E-state index in [1.807, 2.05) is 6.92 Å². The van der Waals surface area contributed by atoms with E-state index in [2.05, 4.69) is 97.2 Å². The zero-order valence-corrected chi connectivity index (χ0v) is 50.3. The number of carboxylic acids is 1. The van der Waals surface area contributed by atoms with Gasteiger partial charge in [-0.3, -0.25) is 28.5 Å². The highest BCUT2D eigenvalue weighted by Gasteiger charge is 2.53. The van der Waals surface area contributed by atoms with Crippen LogP contribution in [0.15, 0.2) is 22.7 Å². The van der Waals surface area contributed by atoms with Crippen molar-refractivity contribution in [2.24, 2.45) is 17.8 Å². The number of aliphatic hydroxyl groups excluding tert-OH is 5. The van der Waals surface area contributed by atoms with Gasteiger partial charge in [0.25, 0.3) is 0 Å². The normalized spacial score (nSPS) is 34.0. The fourth-order valence-corrected chi connectivity index (χ4v) is 12.9. The largest absolute Gasteiger partial charge is 0.479 e.